The number of aliphatic hydroxyl groups excluding tert-OH is 1. The Kier molecular flexibility index (Phi) is 2.73. The van der Waals surface area contributed by atoms with Gasteiger partial charge in [0.2, 0.25) is 0 Å². The molecule has 0 radical (unpaired) electrons. The number of benzene rings is 1. The Morgan fingerprint density at radius 3 is 3.13 bits per heavy atom. The molecule has 15 heavy (non-hydrogen) atoms. The smallest absolute Gasteiger partial charge is 0.408 e. The summed E-state index contributed by atoms with van der Waals surface area (Å²) in [6.45, 7) is 0.852. The fraction of sp³-hybridized carbons (Fsp3) is 0.300. The van der Waals surface area contributed by atoms with E-state index in [0.717, 1.165) is 5.69 Å². The fourth-order valence-corrected chi connectivity index (χ4v) is 1.37. The molecule has 5 heteroatoms. The van der Waals surface area contributed by atoms with Gasteiger partial charge in [-0.15, -0.1) is 0 Å². The van der Waals surface area contributed by atoms with Gasteiger partial charge in [-0.05, 0) is 18.6 Å². The van der Waals surface area contributed by atoms with Crippen LogP contribution in [0.5, 0.6) is 0 Å². The zero-order valence-corrected chi connectivity index (χ0v) is 8.12. The maximum atomic E-state index is 10.9. The first kappa shape index (κ1) is 9.79. The van der Waals surface area contributed by atoms with Crippen LogP contribution in [0.3, 0.4) is 0 Å². The minimum absolute atomic E-state index is 0.161. The van der Waals surface area contributed by atoms with Crippen molar-refractivity contribution in [2.45, 2.75) is 6.42 Å². The molecule has 0 saturated carbocycles. The molecule has 0 aliphatic carbocycles. The lowest BCUT2D eigenvalue weighted by Gasteiger charge is -2.03. The Morgan fingerprint density at radius 2 is 2.33 bits per heavy atom. The van der Waals surface area contributed by atoms with E-state index in [4.69, 9.17) is 9.52 Å². The van der Waals surface area contributed by atoms with Gasteiger partial charge >= 0.3 is 5.76 Å². The number of anilines is 1. The van der Waals surface area contributed by atoms with Gasteiger partial charge in [0.05, 0.1) is 5.52 Å². The minimum atomic E-state index is -0.447. The number of fused-ring (bicyclic) bond motifs is 1. The highest BCUT2D eigenvalue weighted by molar-refractivity contribution is 5.76. The third-order valence-corrected chi connectivity index (χ3v) is 2.09. The monoisotopic (exact) mass is 208 g/mol. The lowest BCUT2D eigenvalue weighted by molar-refractivity contribution is 0.292. The number of H-pyrrole nitrogens is 1. The molecule has 0 aliphatic heterocycles. The van der Waals surface area contributed by atoms with Gasteiger partial charge in [-0.1, -0.05) is 0 Å². The van der Waals surface area contributed by atoms with E-state index in [1.165, 1.54) is 0 Å². The molecule has 0 aliphatic rings. The van der Waals surface area contributed by atoms with Crippen LogP contribution in [0.1, 0.15) is 6.42 Å². The summed E-state index contributed by atoms with van der Waals surface area (Å²) in [5.41, 5.74) is 2.10. The van der Waals surface area contributed by atoms with Crippen LogP contribution in [0, 0.1) is 0 Å². The molecule has 0 fully saturated rings. The van der Waals surface area contributed by atoms with Gasteiger partial charge in [-0.3, -0.25) is 4.98 Å². The lowest BCUT2D eigenvalue weighted by Crippen LogP contribution is -2.02. The number of aromatic nitrogens is 1. The second-order valence-corrected chi connectivity index (χ2v) is 3.23. The van der Waals surface area contributed by atoms with Crippen LogP contribution in [0.4, 0.5) is 5.69 Å². The van der Waals surface area contributed by atoms with Gasteiger partial charge in [0, 0.05) is 24.9 Å². The number of aliphatic hydroxyl groups is 1. The molecule has 80 valence electrons. The number of hydrogen-bond acceptors (Lipinski definition) is 4. The van der Waals surface area contributed by atoms with E-state index >= 15 is 0 Å². The summed E-state index contributed by atoms with van der Waals surface area (Å²) in [5.74, 6) is -0.447. The van der Waals surface area contributed by atoms with Gasteiger partial charge in [-0.2, -0.15) is 0 Å². The van der Waals surface area contributed by atoms with Crippen molar-refractivity contribution in [2.75, 3.05) is 18.5 Å². The van der Waals surface area contributed by atoms with Crippen LogP contribution >= 0.6 is 0 Å². The Balaban J connectivity index is 2.19. The fourth-order valence-electron chi connectivity index (χ4n) is 1.37. The van der Waals surface area contributed by atoms with Gasteiger partial charge in [0.1, 0.15) is 0 Å². The first-order chi connectivity index (χ1) is 7.29. The molecule has 2 rings (SSSR count). The average molecular weight is 208 g/mol. The van der Waals surface area contributed by atoms with Crippen LogP contribution in [-0.2, 0) is 0 Å². The lowest BCUT2D eigenvalue weighted by atomic mass is 10.3. The molecule has 2 aromatic rings. The zero-order chi connectivity index (χ0) is 10.7. The highest BCUT2D eigenvalue weighted by Crippen LogP contribution is 2.15. The molecule has 0 unspecified atom stereocenters. The summed E-state index contributed by atoms with van der Waals surface area (Å²) in [6.07, 6.45) is 0.690. The topological polar surface area (TPSA) is 78.3 Å². The van der Waals surface area contributed by atoms with Crippen LogP contribution in [0.2, 0.25) is 0 Å². The van der Waals surface area contributed by atoms with Crippen molar-refractivity contribution >= 4 is 16.8 Å². The standard InChI is InChI=1S/C10H12N2O3/c13-5-1-4-11-7-2-3-8-9(6-7)15-10(14)12-8/h2-3,6,11,13H,1,4-5H2,(H,12,14). The van der Waals surface area contributed by atoms with E-state index in [2.05, 4.69) is 10.3 Å². The minimum Gasteiger partial charge on any atom is -0.408 e. The molecule has 0 bridgehead atoms. The Labute approximate surface area is 85.7 Å². The van der Waals surface area contributed by atoms with Crippen molar-refractivity contribution in [2.24, 2.45) is 0 Å². The maximum Gasteiger partial charge on any atom is 0.417 e. The number of oxazole rings is 1. The molecule has 1 heterocycles. The predicted molar refractivity (Wildman–Crippen MR) is 57.0 cm³/mol. The quantitative estimate of drug-likeness (QED) is 0.653. The Bertz CT molecular complexity index is 501. The largest absolute Gasteiger partial charge is 0.417 e. The average Bonchev–Trinajstić information content (AvgIpc) is 2.57. The normalized spacial score (nSPS) is 10.7. The molecule has 0 saturated heterocycles. The summed E-state index contributed by atoms with van der Waals surface area (Å²) >= 11 is 0. The summed E-state index contributed by atoms with van der Waals surface area (Å²) in [7, 11) is 0. The van der Waals surface area contributed by atoms with Crippen molar-refractivity contribution in [3.05, 3.63) is 28.7 Å². The highest BCUT2D eigenvalue weighted by atomic mass is 16.4. The van der Waals surface area contributed by atoms with Gasteiger partial charge in [0.25, 0.3) is 0 Å². The van der Waals surface area contributed by atoms with Crippen molar-refractivity contribution < 1.29 is 9.52 Å². The maximum absolute atomic E-state index is 10.9. The van der Waals surface area contributed by atoms with E-state index in [9.17, 15) is 4.79 Å². The van der Waals surface area contributed by atoms with Crippen LogP contribution in [-0.4, -0.2) is 23.2 Å². The van der Waals surface area contributed by atoms with Crippen molar-refractivity contribution in [1.29, 1.82) is 0 Å². The molecule has 0 spiro atoms. The molecule has 5 nitrogen and oxygen atoms in total. The Hall–Kier alpha value is -1.75. The summed E-state index contributed by atoms with van der Waals surface area (Å²) in [4.78, 5) is 13.4. The predicted octanol–water partition coefficient (Wildman–Crippen LogP) is 0.915. The van der Waals surface area contributed by atoms with Gasteiger partial charge in [-0.25, -0.2) is 4.79 Å². The van der Waals surface area contributed by atoms with E-state index in [-0.39, 0.29) is 6.61 Å². The molecule has 0 atom stereocenters. The molecule has 0 amide bonds. The SMILES string of the molecule is O=c1[nH]c2ccc(NCCCO)cc2o1. The van der Waals surface area contributed by atoms with Crippen molar-refractivity contribution in [3.8, 4) is 0 Å². The van der Waals surface area contributed by atoms with Crippen LogP contribution in [0.25, 0.3) is 11.1 Å². The number of rotatable bonds is 4. The number of aromatic amines is 1. The molecule has 3 N–H and O–H groups in total. The third-order valence-electron chi connectivity index (χ3n) is 2.09. The van der Waals surface area contributed by atoms with Crippen LogP contribution < -0.4 is 11.1 Å². The molecule has 1 aromatic carbocycles. The first-order valence-electron chi connectivity index (χ1n) is 4.77. The van der Waals surface area contributed by atoms with E-state index < -0.39 is 5.76 Å². The first-order valence-corrected chi connectivity index (χ1v) is 4.77. The second-order valence-electron chi connectivity index (χ2n) is 3.23. The Morgan fingerprint density at radius 1 is 1.47 bits per heavy atom. The summed E-state index contributed by atoms with van der Waals surface area (Å²) < 4.78 is 4.91. The van der Waals surface area contributed by atoms with Crippen molar-refractivity contribution in [1.82, 2.24) is 4.98 Å². The van der Waals surface area contributed by atoms with E-state index in [0.29, 0.717) is 24.1 Å². The molecular formula is C10H12N2O3. The van der Waals surface area contributed by atoms with E-state index in [1.807, 2.05) is 6.07 Å². The molecule has 1 aromatic heterocycles. The summed E-state index contributed by atoms with van der Waals surface area (Å²) in [5, 5.41) is 11.7. The highest BCUT2D eigenvalue weighted by Gasteiger charge is 2.01. The van der Waals surface area contributed by atoms with Gasteiger partial charge in [0.15, 0.2) is 5.58 Å². The third kappa shape index (κ3) is 2.19. The van der Waals surface area contributed by atoms with E-state index in [1.54, 1.807) is 12.1 Å². The number of hydrogen-bond donors (Lipinski definition) is 3. The summed E-state index contributed by atoms with van der Waals surface area (Å²) in [6, 6.07) is 5.39. The second kappa shape index (κ2) is 4.18. The van der Waals surface area contributed by atoms with Gasteiger partial charge < -0.3 is 14.8 Å². The number of nitrogens with one attached hydrogen (secondary N) is 2. The van der Waals surface area contributed by atoms with Crippen molar-refractivity contribution in [3.63, 3.8) is 0 Å². The zero-order valence-electron chi connectivity index (χ0n) is 8.12. The molecular weight excluding hydrogens is 196 g/mol. The van der Waals surface area contributed by atoms with Crippen LogP contribution in [0.15, 0.2) is 27.4 Å².